The van der Waals surface area contributed by atoms with Crippen molar-refractivity contribution in [1.29, 1.82) is 0 Å². The van der Waals surface area contributed by atoms with E-state index >= 15 is 0 Å². The molecule has 3 heteroatoms. The number of nitrogens with one attached hydrogen (secondary N) is 1. The molecule has 0 saturated carbocycles. The molecule has 0 unspecified atom stereocenters. The van der Waals surface area contributed by atoms with Crippen molar-refractivity contribution in [3.05, 3.63) is 35.4 Å². The molecule has 1 rings (SSSR count). The second kappa shape index (κ2) is 9.93. The van der Waals surface area contributed by atoms with Crippen molar-refractivity contribution in [2.24, 2.45) is 0 Å². The standard InChI is InChI=1S/C18H33N3/c1-6-11-21(13-12-20(4)5)15-18-10-8-7-9-17(18)14-19-16(2)3/h7-10,16,19H,6,11-15H2,1-5H3. The maximum absolute atomic E-state index is 3.53. The molecule has 0 saturated heterocycles. The first-order valence-corrected chi connectivity index (χ1v) is 8.20. The second-order valence-electron chi connectivity index (χ2n) is 6.38. The number of benzene rings is 1. The number of likely N-dealkylation sites (N-methyl/N-ethyl adjacent to an activating group) is 1. The largest absolute Gasteiger partial charge is 0.310 e. The van der Waals surface area contributed by atoms with Crippen LogP contribution >= 0.6 is 0 Å². The smallest absolute Gasteiger partial charge is 0.0237 e. The highest BCUT2D eigenvalue weighted by Crippen LogP contribution is 2.12. The third-order valence-corrected chi connectivity index (χ3v) is 3.62. The Morgan fingerprint density at radius 3 is 2.24 bits per heavy atom. The summed E-state index contributed by atoms with van der Waals surface area (Å²) in [6.45, 7) is 12.1. The van der Waals surface area contributed by atoms with Gasteiger partial charge in [0.1, 0.15) is 0 Å². The highest BCUT2D eigenvalue weighted by Gasteiger charge is 2.09. The van der Waals surface area contributed by atoms with E-state index in [0.717, 1.165) is 26.2 Å². The van der Waals surface area contributed by atoms with Crippen LogP contribution in [0, 0.1) is 0 Å². The van der Waals surface area contributed by atoms with Gasteiger partial charge in [0.2, 0.25) is 0 Å². The van der Waals surface area contributed by atoms with Crippen molar-refractivity contribution in [3.8, 4) is 0 Å². The molecule has 1 aromatic carbocycles. The Kier molecular flexibility index (Phi) is 8.58. The zero-order chi connectivity index (χ0) is 15.7. The molecule has 0 aliphatic carbocycles. The summed E-state index contributed by atoms with van der Waals surface area (Å²) in [6.07, 6.45) is 1.21. The Bertz CT molecular complexity index is 388. The maximum Gasteiger partial charge on any atom is 0.0237 e. The number of rotatable bonds is 10. The van der Waals surface area contributed by atoms with Crippen molar-refractivity contribution in [3.63, 3.8) is 0 Å². The van der Waals surface area contributed by atoms with E-state index in [1.165, 1.54) is 24.1 Å². The molecule has 0 atom stereocenters. The van der Waals surface area contributed by atoms with Gasteiger partial charge in [0, 0.05) is 32.2 Å². The topological polar surface area (TPSA) is 18.5 Å². The molecule has 0 fully saturated rings. The first-order chi connectivity index (χ1) is 10.0. The average molecular weight is 291 g/mol. The predicted molar refractivity (Wildman–Crippen MR) is 92.5 cm³/mol. The third kappa shape index (κ3) is 7.60. The van der Waals surface area contributed by atoms with Crippen molar-refractivity contribution < 1.29 is 0 Å². The van der Waals surface area contributed by atoms with Gasteiger partial charge in [0.25, 0.3) is 0 Å². The predicted octanol–water partition coefficient (Wildman–Crippen LogP) is 2.96. The van der Waals surface area contributed by atoms with Crippen LogP contribution in [0.5, 0.6) is 0 Å². The lowest BCUT2D eigenvalue weighted by Gasteiger charge is -2.25. The van der Waals surface area contributed by atoms with Gasteiger partial charge < -0.3 is 10.2 Å². The summed E-state index contributed by atoms with van der Waals surface area (Å²) < 4.78 is 0. The fraction of sp³-hybridized carbons (Fsp3) is 0.667. The van der Waals surface area contributed by atoms with Gasteiger partial charge in [-0.25, -0.2) is 0 Å². The Morgan fingerprint density at radius 2 is 1.67 bits per heavy atom. The van der Waals surface area contributed by atoms with Gasteiger partial charge in [-0.15, -0.1) is 0 Å². The lowest BCUT2D eigenvalue weighted by atomic mass is 10.1. The van der Waals surface area contributed by atoms with Gasteiger partial charge in [0.15, 0.2) is 0 Å². The molecule has 1 aromatic rings. The van der Waals surface area contributed by atoms with Crippen molar-refractivity contribution in [2.75, 3.05) is 33.7 Å². The third-order valence-electron chi connectivity index (χ3n) is 3.62. The van der Waals surface area contributed by atoms with E-state index in [9.17, 15) is 0 Å². The van der Waals surface area contributed by atoms with Crippen LogP contribution in [0.2, 0.25) is 0 Å². The Balaban J connectivity index is 2.68. The van der Waals surface area contributed by atoms with Gasteiger partial charge in [-0.1, -0.05) is 45.0 Å². The lowest BCUT2D eigenvalue weighted by Crippen LogP contribution is -2.32. The number of hydrogen-bond donors (Lipinski definition) is 1. The molecule has 0 aliphatic heterocycles. The summed E-state index contributed by atoms with van der Waals surface area (Å²) >= 11 is 0. The zero-order valence-electron chi connectivity index (χ0n) is 14.5. The van der Waals surface area contributed by atoms with Crippen molar-refractivity contribution >= 4 is 0 Å². The Morgan fingerprint density at radius 1 is 1.00 bits per heavy atom. The molecule has 0 spiro atoms. The second-order valence-corrected chi connectivity index (χ2v) is 6.38. The van der Waals surface area contributed by atoms with Gasteiger partial charge in [-0.2, -0.15) is 0 Å². The summed E-state index contributed by atoms with van der Waals surface area (Å²) in [6, 6.07) is 9.35. The summed E-state index contributed by atoms with van der Waals surface area (Å²) in [5, 5.41) is 3.53. The van der Waals surface area contributed by atoms with Crippen LogP contribution in [0.1, 0.15) is 38.3 Å². The minimum Gasteiger partial charge on any atom is -0.310 e. The monoisotopic (exact) mass is 291 g/mol. The molecule has 0 radical (unpaired) electrons. The number of hydrogen-bond acceptors (Lipinski definition) is 3. The van der Waals surface area contributed by atoms with Crippen LogP contribution in [-0.2, 0) is 13.1 Å². The number of nitrogens with zero attached hydrogens (tertiary/aromatic N) is 2. The molecular weight excluding hydrogens is 258 g/mol. The highest BCUT2D eigenvalue weighted by molar-refractivity contribution is 5.27. The average Bonchev–Trinajstić information content (AvgIpc) is 2.44. The molecule has 0 aromatic heterocycles. The van der Waals surface area contributed by atoms with Gasteiger partial charge in [-0.05, 0) is 38.2 Å². The maximum atomic E-state index is 3.53. The molecule has 0 bridgehead atoms. The summed E-state index contributed by atoms with van der Waals surface area (Å²) in [5.74, 6) is 0. The van der Waals surface area contributed by atoms with E-state index in [2.05, 4.69) is 74.2 Å². The molecule has 120 valence electrons. The minimum atomic E-state index is 0.526. The van der Waals surface area contributed by atoms with Crippen LogP contribution in [-0.4, -0.2) is 49.6 Å². The fourth-order valence-electron chi connectivity index (χ4n) is 2.37. The van der Waals surface area contributed by atoms with Crippen LogP contribution in [0.15, 0.2) is 24.3 Å². The molecule has 0 amide bonds. The van der Waals surface area contributed by atoms with Gasteiger partial charge >= 0.3 is 0 Å². The van der Waals surface area contributed by atoms with E-state index in [-0.39, 0.29) is 0 Å². The molecule has 3 nitrogen and oxygen atoms in total. The molecular formula is C18H33N3. The minimum absolute atomic E-state index is 0.526. The molecule has 1 N–H and O–H groups in total. The first kappa shape index (κ1) is 18.1. The molecule has 21 heavy (non-hydrogen) atoms. The SMILES string of the molecule is CCCN(CCN(C)C)Cc1ccccc1CNC(C)C. The summed E-state index contributed by atoms with van der Waals surface area (Å²) in [5.41, 5.74) is 2.88. The Hall–Kier alpha value is -0.900. The van der Waals surface area contributed by atoms with E-state index in [1.807, 2.05) is 0 Å². The van der Waals surface area contributed by atoms with Gasteiger partial charge in [-0.3, -0.25) is 4.90 Å². The van der Waals surface area contributed by atoms with Crippen LogP contribution < -0.4 is 5.32 Å². The van der Waals surface area contributed by atoms with E-state index in [1.54, 1.807) is 0 Å². The zero-order valence-corrected chi connectivity index (χ0v) is 14.5. The summed E-state index contributed by atoms with van der Waals surface area (Å²) in [7, 11) is 4.29. The van der Waals surface area contributed by atoms with E-state index in [4.69, 9.17) is 0 Å². The first-order valence-electron chi connectivity index (χ1n) is 8.20. The highest BCUT2D eigenvalue weighted by atomic mass is 15.2. The van der Waals surface area contributed by atoms with E-state index in [0.29, 0.717) is 6.04 Å². The molecule has 0 aliphatic rings. The van der Waals surface area contributed by atoms with Crippen LogP contribution in [0.3, 0.4) is 0 Å². The Labute approximate surface area is 131 Å². The lowest BCUT2D eigenvalue weighted by molar-refractivity contribution is 0.233. The molecule has 0 heterocycles. The van der Waals surface area contributed by atoms with E-state index < -0.39 is 0 Å². The van der Waals surface area contributed by atoms with Crippen molar-refractivity contribution in [2.45, 2.75) is 46.3 Å². The summed E-state index contributed by atoms with van der Waals surface area (Å²) in [4.78, 5) is 4.82. The van der Waals surface area contributed by atoms with Gasteiger partial charge in [0.05, 0.1) is 0 Å². The van der Waals surface area contributed by atoms with Crippen molar-refractivity contribution in [1.82, 2.24) is 15.1 Å². The van der Waals surface area contributed by atoms with Crippen LogP contribution in [0.4, 0.5) is 0 Å². The normalized spacial score (nSPS) is 11.8. The van der Waals surface area contributed by atoms with Crippen LogP contribution in [0.25, 0.3) is 0 Å². The quantitative estimate of drug-likeness (QED) is 0.715. The fourth-order valence-corrected chi connectivity index (χ4v) is 2.37.